The van der Waals surface area contributed by atoms with Gasteiger partial charge in [0, 0.05) is 13.2 Å². The minimum atomic E-state index is -4.30. The van der Waals surface area contributed by atoms with Crippen LogP contribution >= 0.6 is 11.6 Å². The molecule has 0 N–H and O–H groups in total. The Morgan fingerprint density at radius 1 is 1.45 bits per heavy atom. The molecule has 0 radical (unpaired) electrons. The van der Waals surface area contributed by atoms with Gasteiger partial charge in [-0.05, 0) is 6.07 Å². The number of alkyl halides is 3. The van der Waals surface area contributed by atoms with Gasteiger partial charge in [-0.2, -0.15) is 13.2 Å². The minimum absolute atomic E-state index is 0.0809. The first-order chi connectivity index (χ1) is 4.91. The summed E-state index contributed by atoms with van der Waals surface area (Å²) in [6.07, 6.45) is -3.35. The van der Waals surface area contributed by atoms with Gasteiger partial charge in [-0.25, -0.2) is 0 Å². The highest BCUT2D eigenvalue weighted by molar-refractivity contribution is 6.29. The molecule has 1 heterocycles. The Bertz CT molecular complexity index is 244. The van der Waals surface area contributed by atoms with E-state index in [1.54, 1.807) is 0 Å². The first kappa shape index (κ1) is 8.46. The van der Waals surface area contributed by atoms with Gasteiger partial charge in [0.15, 0.2) is 0 Å². The summed E-state index contributed by atoms with van der Waals surface area (Å²) in [7, 11) is 1.46. The quantitative estimate of drug-likeness (QED) is 0.583. The monoisotopic (exact) mass is 183 g/mol. The van der Waals surface area contributed by atoms with Crippen molar-refractivity contribution in [3.63, 3.8) is 0 Å². The van der Waals surface area contributed by atoms with Gasteiger partial charge in [-0.3, -0.25) is 0 Å². The van der Waals surface area contributed by atoms with Crippen molar-refractivity contribution in [2.75, 3.05) is 0 Å². The van der Waals surface area contributed by atoms with Crippen molar-refractivity contribution in [2.24, 2.45) is 7.05 Å². The fourth-order valence-corrected chi connectivity index (χ4v) is 0.859. The lowest BCUT2D eigenvalue weighted by atomic mass is 10.3. The van der Waals surface area contributed by atoms with E-state index in [0.717, 1.165) is 12.3 Å². The number of aromatic nitrogens is 1. The first-order valence-electron chi connectivity index (χ1n) is 2.80. The molecule has 0 aliphatic heterocycles. The Kier molecular flexibility index (Phi) is 1.88. The number of halogens is 4. The molecule has 0 fully saturated rings. The Morgan fingerprint density at radius 3 is 2.18 bits per heavy atom. The molecule has 1 aromatic rings. The van der Waals surface area contributed by atoms with Gasteiger partial charge in [0.1, 0.15) is 5.15 Å². The Labute approximate surface area is 66.4 Å². The van der Waals surface area contributed by atoms with Crippen LogP contribution in [0.3, 0.4) is 0 Å². The van der Waals surface area contributed by atoms with Crippen LogP contribution in [0.4, 0.5) is 13.2 Å². The van der Waals surface area contributed by atoms with Crippen LogP contribution in [0, 0.1) is 0 Å². The van der Waals surface area contributed by atoms with E-state index < -0.39 is 11.7 Å². The van der Waals surface area contributed by atoms with E-state index in [4.69, 9.17) is 11.6 Å². The molecule has 0 amide bonds. The SMILES string of the molecule is Cn1cc(C(F)(F)F)cc1Cl. The van der Waals surface area contributed by atoms with Crippen molar-refractivity contribution >= 4 is 11.6 Å². The standard InChI is InChI=1S/C6H5ClF3N/c1-11-3-4(2-5(11)7)6(8,9)10/h2-3H,1H3. The van der Waals surface area contributed by atoms with Crippen LogP contribution in [0.5, 0.6) is 0 Å². The van der Waals surface area contributed by atoms with Gasteiger partial charge >= 0.3 is 6.18 Å². The maximum atomic E-state index is 11.9. The zero-order valence-corrected chi connectivity index (χ0v) is 6.37. The first-order valence-corrected chi connectivity index (χ1v) is 3.18. The molecule has 0 saturated heterocycles. The fourth-order valence-electron chi connectivity index (χ4n) is 0.693. The molecule has 0 aliphatic carbocycles. The average molecular weight is 184 g/mol. The van der Waals surface area contributed by atoms with E-state index in [2.05, 4.69) is 0 Å². The second-order valence-electron chi connectivity index (χ2n) is 2.16. The van der Waals surface area contributed by atoms with Crippen LogP contribution in [0.15, 0.2) is 12.3 Å². The van der Waals surface area contributed by atoms with Crippen LogP contribution in [-0.4, -0.2) is 4.57 Å². The summed E-state index contributed by atoms with van der Waals surface area (Å²) in [6.45, 7) is 0. The molecule has 0 unspecified atom stereocenters. The smallest absolute Gasteiger partial charge is 0.341 e. The molecule has 0 atom stereocenters. The maximum absolute atomic E-state index is 11.9. The molecular formula is C6H5ClF3N. The summed E-state index contributed by atoms with van der Waals surface area (Å²) in [4.78, 5) is 0. The van der Waals surface area contributed by atoms with E-state index in [1.807, 2.05) is 0 Å². The lowest BCUT2D eigenvalue weighted by Gasteiger charge is -2.00. The molecule has 0 saturated carbocycles. The molecule has 0 aliphatic rings. The van der Waals surface area contributed by atoms with E-state index >= 15 is 0 Å². The normalized spacial score (nSPS) is 12.1. The zero-order valence-electron chi connectivity index (χ0n) is 5.61. The highest BCUT2D eigenvalue weighted by Crippen LogP contribution is 2.31. The van der Waals surface area contributed by atoms with Gasteiger partial charge in [0.05, 0.1) is 5.56 Å². The summed E-state index contributed by atoms with van der Waals surface area (Å²) in [5, 5.41) is 0.0809. The maximum Gasteiger partial charge on any atom is 0.417 e. The van der Waals surface area contributed by atoms with E-state index in [0.29, 0.717) is 0 Å². The lowest BCUT2D eigenvalue weighted by Crippen LogP contribution is -2.02. The second kappa shape index (κ2) is 2.44. The number of hydrogen-bond acceptors (Lipinski definition) is 0. The van der Waals surface area contributed by atoms with E-state index in [1.165, 1.54) is 11.6 Å². The Balaban J connectivity index is 3.08. The number of rotatable bonds is 0. The van der Waals surface area contributed by atoms with Crippen LogP contribution in [0.2, 0.25) is 5.15 Å². The molecule has 11 heavy (non-hydrogen) atoms. The van der Waals surface area contributed by atoms with Crippen molar-refractivity contribution in [2.45, 2.75) is 6.18 Å². The predicted octanol–water partition coefficient (Wildman–Crippen LogP) is 2.70. The highest BCUT2D eigenvalue weighted by atomic mass is 35.5. The van der Waals surface area contributed by atoms with Gasteiger partial charge in [-0.1, -0.05) is 11.6 Å². The molecule has 0 aromatic carbocycles. The molecule has 0 bridgehead atoms. The summed E-state index contributed by atoms with van der Waals surface area (Å²) < 4.78 is 36.9. The van der Waals surface area contributed by atoms with Crippen molar-refractivity contribution in [1.29, 1.82) is 0 Å². The second-order valence-corrected chi connectivity index (χ2v) is 2.55. The van der Waals surface area contributed by atoms with Gasteiger partial charge in [-0.15, -0.1) is 0 Å². The number of hydrogen-bond donors (Lipinski definition) is 0. The largest absolute Gasteiger partial charge is 0.417 e. The molecule has 1 rings (SSSR count). The molecule has 1 nitrogen and oxygen atoms in total. The Hall–Kier alpha value is -0.640. The molecule has 5 heteroatoms. The van der Waals surface area contributed by atoms with Crippen molar-refractivity contribution in [3.05, 3.63) is 23.0 Å². The molecule has 1 aromatic heterocycles. The summed E-state index contributed by atoms with van der Waals surface area (Å²) in [5.74, 6) is 0. The third kappa shape index (κ3) is 1.68. The third-order valence-electron chi connectivity index (χ3n) is 1.27. The van der Waals surface area contributed by atoms with E-state index in [9.17, 15) is 13.2 Å². The minimum Gasteiger partial charge on any atom is -0.341 e. The van der Waals surface area contributed by atoms with Crippen LogP contribution in [0.25, 0.3) is 0 Å². The lowest BCUT2D eigenvalue weighted by molar-refractivity contribution is -0.137. The van der Waals surface area contributed by atoms with Gasteiger partial charge < -0.3 is 4.57 Å². The van der Waals surface area contributed by atoms with Crippen molar-refractivity contribution in [1.82, 2.24) is 4.57 Å². The zero-order chi connectivity index (χ0) is 8.65. The van der Waals surface area contributed by atoms with Crippen LogP contribution in [0.1, 0.15) is 5.56 Å². The van der Waals surface area contributed by atoms with Crippen molar-refractivity contribution < 1.29 is 13.2 Å². The summed E-state index contributed by atoms with van der Waals surface area (Å²) >= 11 is 5.40. The highest BCUT2D eigenvalue weighted by Gasteiger charge is 2.31. The summed E-state index contributed by atoms with van der Waals surface area (Å²) in [6, 6.07) is 0.890. The third-order valence-corrected chi connectivity index (χ3v) is 1.65. The number of aryl methyl sites for hydroxylation is 1. The summed E-state index contributed by atoms with van der Waals surface area (Å²) in [5.41, 5.74) is -0.718. The van der Waals surface area contributed by atoms with Gasteiger partial charge in [0.25, 0.3) is 0 Å². The van der Waals surface area contributed by atoms with Crippen molar-refractivity contribution in [3.8, 4) is 0 Å². The average Bonchev–Trinajstić information content (AvgIpc) is 2.11. The molecule has 0 spiro atoms. The van der Waals surface area contributed by atoms with Gasteiger partial charge in [0.2, 0.25) is 0 Å². The Morgan fingerprint density at radius 2 is 2.00 bits per heavy atom. The predicted molar refractivity (Wildman–Crippen MR) is 35.4 cm³/mol. The van der Waals surface area contributed by atoms with Crippen LogP contribution < -0.4 is 0 Å². The van der Waals surface area contributed by atoms with E-state index in [-0.39, 0.29) is 5.15 Å². The molecule has 62 valence electrons. The topological polar surface area (TPSA) is 4.93 Å². The van der Waals surface area contributed by atoms with Crippen LogP contribution in [-0.2, 0) is 13.2 Å². The fraction of sp³-hybridized carbons (Fsp3) is 0.333. The molecular weight excluding hydrogens is 179 g/mol. The number of nitrogens with zero attached hydrogens (tertiary/aromatic N) is 1.